The Balaban J connectivity index is 1.73. The highest BCUT2D eigenvalue weighted by Gasteiger charge is 2.23. The number of ether oxygens (including phenoxy) is 1. The molecule has 1 amide bonds. The lowest BCUT2D eigenvalue weighted by atomic mass is 10.0. The number of methoxy groups -OCH3 is 1. The van der Waals surface area contributed by atoms with E-state index in [-0.39, 0.29) is 29.8 Å². The van der Waals surface area contributed by atoms with Gasteiger partial charge in [-0.1, -0.05) is 12.1 Å². The van der Waals surface area contributed by atoms with Crippen molar-refractivity contribution in [2.75, 3.05) is 20.2 Å². The summed E-state index contributed by atoms with van der Waals surface area (Å²) in [5.41, 5.74) is 7.68. The van der Waals surface area contributed by atoms with Gasteiger partial charge in [-0.25, -0.2) is 8.78 Å². The van der Waals surface area contributed by atoms with E-state index in [0.29, 0.717) is 35.5 Å². The maximum Gasteiger partial charge on any atom is 0.244 e. The number of piperidine rings is 1. The largest absolute Gasteiger partial charge is 0.494 e. The Kier molecular flexibility index (Phi) is 6.38. The van der Waals surface area contributed by atoms with Crippen LogP contribution in [0.5, 0.6) is 5.75 Å². The predicted molar refractivity (Wildman–Crippen MR) is 118 cm³/mol. The summed E-state index contributed by atoms with van der Waals surface area (Å²) in [7, 11) is 1.37. The topological polar surface area (TPSA) is 97.2 Å². The summed E-state index contributed by atoms with van der Waals surface area (Å²) in [5, 5.41) is 13.5. The van der Waals surface area contributed by atoms with Gasteiger partial charge in [0.2, 0.25) is 5.91 Å². The van der Waals surface area contributed by atoms with Crippen LogP contribution in [0.4, 0.5) is 8.78 Å². The van der Waals surface area contributed by atoms with E-state index in [4.69, 9.17) is 15.7 Å². The van der Waals surface area contributed by atoms with Crippen molar-refractivity contribution in [3.8, 4) is 34.2 Å². The first-order valence-electron chi connectivity index (χ1n) is 10.5. The number of amides is 1. The molecule has 3 aromatic rings. The summed E-state index contributed by atoms with van der Waals surface area (Å²) in [6, 6.07) is 10.3. The van der Waals surface area contributed by atoms with Gasteiger partial charge in [0.25, 0.3) is 0 Å². The predicted octanol–water partition coefficient (Wildman–Crippen LogP) is 3.33. The van der Waals surface area contributed by atoms with Crippen LogP contribution in [0.3, 0.4) is 0 Å². The zero-order valence-corrected chi connectivity index (χ0v) is 18.1. The molecule has 33 heavy (non-hydrogen) atoms. The molecule has 0 unspecified atom stereocenters. The smallest absolute Gasteiger partial charge is 0.244 e. The minimum atomic E-state index is -0.685. The van der Waals surface area contributed by atoms with Gasteiger partial charge in [0, 0.05) is 36.5 Å². The van der Waals surface area contributed by atoms with Gasteiger partial charge in [0.15, 0.2) is 11.6 Å². The average Bonchev–Trinajstić information content (AvgIpc) is 3.22. The molecule has 4 rings (SSSR count). The van der Waals surface area contributed by atoms with Crippen molar-refractivity contribution in [1.82, 2.24) is 14.7 Å². The second kappa shape index (κ2) is 9.38. The number of hydrogen-bond donors (Lipinski definition) is 1. The number of rotatable bonds is 5. The summed E-state index contributed by atoms with van der Waals surface area (Å²) < 4.78 is 35.2. The maximum absolute atomic E-state index is 14.4. The number of hydrogen-bond acceptors (Lipinski definition) is 5. The zero-order chi connectivity index (χ0) is 23.5. The highest BCUT2D eigenvalue weighted by Crippen LogP contribution is 2.34. The lowest BCUT2D eigenvalue weighted by Crippen LogP contribution is -2.46. The molecule has 170 valence electrons. The molecule has 1 atom stereocenters. The molecule has 0 bridgehead atoms. The summed E-state index contributed by atoms with van der Waals surface area (Å²) >= 11 is 0. The van der Waals surface area contributed by atoms with Crippen LogP contribution in [0.2, 0.25) is 0 Å². The molecule has 2 N–H and O–H groups in total. The molecule has 2 heterocycles. The first-order valence-corrected chi connectivity index (χ1v) is 10.5. The number of nitrogens with two attached hydrogens (primary N) is 1. The fourth-order valence-corrected chi connectivity index (χ4v) is 3.99. The van der Waals surface area contributed by atoms with E-state index in [0.717, 1.165) is 12.8 Å². The van der Waals surface area contributed by atoms with E-state index in [1.54, 1.807) is 29.3 Å². The number of carbonyl (C=O) groups excluding carboxylic acids is 1. The fraction of sp³-hybridized carbons (Fsp3) is 0.292. The molecule has 0 spiro atoms. The van der Waals surface area contributed by atoms with Gasteiger partial charge in [-0.05, 0) is 42.7 Å². The highest BCUT2D eigenvalue weighted by molar-refractivity contribution is 5.82. The number of nitrogens with zero attached hydrogens (tertiary/aromatic N) is 4. The van der Waals surface area contributed by atoms with Crippen molar-refractivity contribution in [2.45, 2.75) is 25.4 Å². The van der Waals surface area contributed by atoms with Crippen molar-refractivity contribution in [3.63, 3.8) is 0 Å². The first-order chi connectivity index (χ1) is 15.9. The molecule has 9 heteroatoms. The summed E-state index contributed by atoms with van der Waals surface area (Å²) in [6.07, 6.45) is 3.36. The van der Waals surface area contributed by atoms with E-state index in [2.05, 4.69) is 5.10 Å². The zero-order valence-electron chi connectivity index (χ0n) is 18.1. The van der Waals surface area contributed by atoms with Crippen LogP contribution in [0.15, 0.2) is 42.6 Å². The van der Waals surface area contributed by atoms with Crippen molar-refractivity contribution in [2.24, 2.45) is 5.73 Å². The second-order valence-electron chi connectivity index (χ2n) is 7.99. The van der Waals surface area contributed by atoms with Crippen LogP contribution in [-0.2, 0) is 11.3 Å². The molecule has 1 aromatic heterocycles. The Morgan fingerprint density at radius 2 is 2.00 bits per heavy atom. The number of halogens is 2. The molecule has 2 aromatic carbocycles. The van der Waals surface area contributed by atoms with Gasteiger partial charge in [-0.15, -0.1) is 0 Å². The maximum atomic E-state index is 14.4. The molecular formula is C24H23F2N5O2. The number of nitriles is 1. The third kappa shape index (κ3) is 4.71. The lowest BCUT2D eigenvalue weighted by molar-refractivity contribution is -0.133. The Morgan fingerprint density at radius 1 is 1.24 bits per heavy atom. The number of aromatic nitrogens is 2. The summed E-state index contributed by atoms with van der Waals surface area (Å²) in [6.45, 7) is 1.10. The lowest BCUT2D eigenvalue weighted by Gasteiger charge is -2.30. The van der Waals surface area contributed by atoms with Gasteiger partial charge >= 0.3 is 0 Å². The Bertz CT molecular complexity index is 1230. The van der Waals surface area contributed by atoms with Crippen LogP contribution < -0.4 is 10.5 Å². The monoisotopic (exact) mass is 451 g/mol. The van der Waals surface area contributed by atoms with Crippen molar-refractivity contribution in [1.29, 1.82) is 5.26 Å². The molecule has 0 radical (unpaired) electrons. The molecular weight excluding hydrogens is 428 g/mol. The molecule has 0 aliphatic carbocycles. The molecule has 0 saturated carbocycles. The van der Waals surface area contributed by atoms with Crippen molar-refractivity contribution >= 4 is 5.91 Å². The third-order valence-corrected chi connectivity index (χ3v) is 5.70. The van der Waals surface area contributed by atoms with E-state index >= 15 is 0 Å². The normalized spacial score (nSPS) is 15.8. The number of benzene rings is 2. The molecule has 7 nitrogen and oxygen atoms in total. The van der Waals surface area contributed by atoms with Crippen LogP contribution in [0, 0.1) is 23.0 Å². The van der Waals surface area contributed by atoms with Crippen molar-refractivity contribution in [3.05, 3.63) is 59.8 Å². The molecule has 1 saturated heterocycles. The highest BCUT2D eigenvalue weighted by atomic mass is 19.1. The Morgan fingerprint density at radius 3 is 2.67 bits per heavy atom. The summed E-state index contributed by atoms with van der Waals surface area (Å²) in [4.78, 5) is 14.5. The van der Waals surface area contributed by atoms with E-state index in [1.165, 1.54) is 36.1 Å². The van der Waals surface area contributed by atoms with Gasteiger partial charge < -0.3 is 15.4 Å². The SMILES string of the molecule is COc1ccc(-c2cn(CC(=O)N3CCC[C@H](N)C3)nc2-c2ccc(C#N)c(F)c2)cc1F. The molecule has 1 fully saturated rings. The van der Waals surface area contributed by atoms with Gasteiger partial charge in [-0.3, -0.25) is 9.48 Å². The quantitative estimate of drug-likeness (QED) is 0.642. The Labute approximate surface area is 190 Å². The van der Waals surface area contributed by atoms with E-state index in [9.17, 15) is 13.6 Å². The van der Waals surface area contributed by atoms with Crippen LogP contribution in [-0.4, -0.2) is 46.8 Å². The summed E-state index contributed by atoms with van der Waals surface area (Å²) in [5.74, 6) is -1.28. The van der Waals surface area contributed by atoms with Crippen LogP contribution >= 0.6 is 0 Å². The molecule has 1 aliphatic heterocycles. The van der Waals surface area contributed by atoms with Crippen molar-refractivity contribution < 1.29 is 18.3 Å². The second-order valence-corrected chi connectivity index (χ2v) is 7.99. The standard InChI is InChI=1S/C24H23F2N5O2/c1-33-22-7-6-15(9-21(22)26)19-13-31(14-23(32)30-8-2-3-18(28)12-30)29-24(19)16-4-5-17(11-27)20(25)10-16/h4-7,9-10,13,18H,2-3,8,12,14,28H2,1H3/t18-/m0/s1. The fourth-order valence-electron chi connectivity index (χ4n) is 3.99. The Hall–Kier alpha value is -3.77. The van der Waals surface area contributed by atoms with E-state index in [1.807, 2.05) is 0 Å². The molecule has 1 aliphatic rings. The third-order valence-electron chi connectivity index (χ3n) is 5.70. The minimum absolute atomic E-state index is 0.0306. The number of likely N-dealkylation sites (tertiary alicyclic amines) is 1. The van der Waals surface area contributed by atoms with Crippen LogP contribution in [0.1, 0.15) is 18.4 Å². The van der Waals surface area contributed by atoms with Gasteiger partial charge in [0.05, 0.1) is 12.7 Å². The minimum Gasteiger partial charge on any atom is -0.494 e. The van der Waals surface area contributed by atoms with Gasteiger partial charge in [0.1, 0.15) is 24.1 Å². The van der Waals surface area contributed by atoms with E-state index < -0.39 is 11.6 Å². The van der Waals surface area contributed by atoms with Gasteiger partial charge in [-0.2, -0.15) is 10.4 Å². The van der Waals surface area contributed by atoms with Crippen LogP contribution in [0.25, 0.3) is 22.4 Å². The average molecular weight is 451 g/mol. The first kappa shape index (κ1) is 22.4. The number of carbonyl (C=O) groups is 1.